The number of ether oxygens (including phenoxy) is 1. The van der Waals surface area contributed by atoms with Crippen molar-refractivity contribution in [3.8, 4) is 6.07 Å². The zero-order valence-electron chi connectivity index (χ0n) is 15.3. The summed E-state index contributed by atoms with van der Waals surface area (Å²) in [5.41, 5.74) is 1.53. The molecular formula is C21H16N4O4. The number of esters is 1. The number of rotatable bonds is 4. The molecule has 4 rings (SSSR count). The second-order valence-electron chi connectivity index (χ2n) is 6.63. The summed E-state index contributed by atoms with van der Waals surface area (Å²) >= 11 is 0. The molecule has 1 aliphatic rings. The number of carbonyl (C=O) groups excluding carboxylic acids is 2. The Hall–Kier alpha value is -3.99. The third kappa shape index (κ3) is 3.71. The van der Waals surface area contributed by atoms with Gasteiger partial charge in [-0.3, -0.25) is 14.2 Å². The number of amides is 1. The van der Waals surface area contributed by atoms with E-state index in [1.54, 1.807) is 34.9 Å². The Morgan fingerprint density at radius 2 is 2.00 bits per heavy atom. The van der Waals surface area contributed by atoms with E-state index in [2.05, 4.69) is 10.3 Å². The first-order valence-electron chi connectivity index (χ1n) is 9.06. The summed E-state index contributed by atoms with van der Waals surface area (Å²) in [4.78, 5) is 41.2. The SMILES string of the molecule is N#Cc1ccc(NC(=O)COC(=O)c2ccc3c(=O)n4c(nc3c2)CCC4)cc1. The molecule has 0 atom stereocenters. The van der Waals surface area contributed by atoms with Gasteiger partial charge < -0.3 is 10.1 Å². The molecule has 29 heavy (non-hydrogen) atoms. The van der Waals surface area contributed by atoms with Gasteiger partial charge in [0.25, 0.3) is 11.5 Å². The van der Waals surface area contributed by atoms with Crippen LogP contribution >= 0.6 is 0 Å². The van der Waals surface area contributed by atoms with Crippen molar-refractivity contribution in [2.24, 2.45) is 0 Å². The maximum Gasteiger partial charge on any atom is 0.338 e. The smallest absolute Gasteiger partial charge is 0.338 e. The molecule has 2 aromatic carbocycles. The van der Waals surface area contributed by atoms with Gasteiger partial charge in [0, 0.05) is 18.7 Å². The van der Waals surface area contributed by atoms with Crippen LogP contribution in [0.1, 0.15) is 28.2 Å². The van der Waals surface area contributed by atoms with Gasteiger partial charge in [0.1, 0.15) is 5.82 Å². The Morgan fingerprint density at radius 1 is 1.21 bits per heavy atom. The molecule has 1 N–H and O–H groups in total. The van der Waals surface area contributed by atoms with Crippen molar-refractivity contribution < 1.29 is 14.3 Å². The zero-order chi connectivity index (χ0) is 20.4. The monoisotopic (exact) mass is 388 g/mol. The quantitative estimate of drug-likeness (QED) is 0.684. The highest BCUT2D eigenvalue weighted by atomic mass is 16.5. The molecule has 0 spiro atoms. The van der Waals surface area contributed by atoms with Crippen LogP contribution in [-0.2, 0) is 22.5 Å². The summed E-state index contributed by atoms with van der Waals surface area (Å²) in [6, 6.07) is 12.9. The molecule has 0 bridgehead atoms. The molecule has 0 saturated carbocycles. The molecule has 0 radical (unpaired) electrons. The van der Waals surface area contributed by atoms with Crippen LogP contribution in [0.5, 0.6) is 0 Å². The van der Waals surface area contributed by atoms with Crippen molar-refractivity contribution in [2.75, 3.05) is 11.9 Å². The van der Waals surface area contributed by atoms with Gasteiger partial charge in [0.2, 0.25) is 0 Å². The van der Waals surface area contributed by atoms with Crippen LogP contribution in [0.4, 0.5) is 5.69 Å². The third-order valence-electron chi connectivity index (χ3n) is 4.68. The van der Waals surface area contributed by atoms with Crippen molar-refractivity contribution in [1.29, 1.82) is 5.26 Å². The van der Waals surface area contributed by atoms with Crippen LogP contribution < -0.4 is 10.9 Å². The first-order chi connectivity index (χ1) is 14.0. The average molecular weight is 388 g/mol. The topological polar surface area (TPSA) is 114 Å². The number of aromatic nitrogens is 2. The van der Waals surface area contributed by atoms with E-state index in [-0.39, 0.29) is 11.1 Å². The van der Waals surface area contributed by atoms with Crippen LogP contribution in [-0.4, -0.2) is 28.0 Å². The zero-order valence-corrected chi connectivity index (χ0v) is 15.3. The number of aryl methyl sites for hydroxylation is 1. The highest BCUT2D eigenvalue weighted by molar-refractivity contribution is 5.97. The van der Waals surface area contributed by atoms with E-state index in [1.165, 1.54) is 12.1 Å². The maximum atomic E-state index is 12.5. The number of hydrogen-bond donors (Lipinski definition) is 1. The minimum atomic E-state index is -0.677. The molecule has 1 aliphatic heterocycles. The molecular weight excluding hydrogens is 372 g/mol. The van der Waals surface area contributed by atoms with Crippen LogP contribution in [0.25, 0.3) is 10.9 Å². The van der Waals surface area contributed by atoms with Gasteiger partial charge in [0.05, 0.1) is 28.1 Å². The number of hydrogen-bond acceptors (Lipinski definition) is 6. The van der Waals surface area contributed by atoms with Crippen molar-refractivity contribution in [2.45, 2.75) is 19.4 Å². The molecule has 8 heteroatoms. The summed E-state index contributed by atoms with van der Waals surface area (Å²) < 4.78 is 6.72. The predicted octanol–water partition coefficient (Wildman–Crippen LogP) is 2.01. The molecule has 2 heterocycles. The van der Waals surface area contributed by atoms with Gasteiger partial charge in [-0.1, -0.05) is 0 Å². The molecule has 0 aliphatic carbocycles. The lowest BCUT2D eigenvalue weighted by atomic mass is 10.1. The number of nitriles is 1. The van der Waals surface area contributed by atoms with Crippen LogP contribution in [0.15, 0.2) is 47.3 Å². The lowest BCUT2D eigenvalue weighted by molar-refractivity contribution is -0.119. The highest BCUT2D eigenvalue weighted by Gasteiger charge is 2.18. The molecule has 144 valence electrons. The van der Waals surface area contributed by atoms with Crippen molar-refractivity contribution in [3.05, 3.63) is 69.8 Å². The van der Waals surface area contributed by atoms with Crippen LogP contribution in [0.2, 0.25) is 0 Å². The summed E-state index contributed by atoms with van der Waals surface area (Å²) in [5.74, 6) is -0.461. The number of nitrogens with one attached hydrogen (secondary N) is 1. The molecule has 3 aromatic rings. The van der Waals surface area contributed by atoms with E-state index in [0.29, 0.717) is 28.7 Å². The van der Waals surface area contributed by atoms with E-state index in [1.807, 2.05) is 6.07 Å². The number of fused-ring (bicyclic) bond motifs is 2. The van der Waals surface area contributed by atoms with Gasteiger partial charge in [0.15, 0.2) is 6.61 Å². The number of benzene rings is 2. The molecule has 1 aromatic heterocycles. The summed E-state index contributed by atoms with van der Waals surface area (Å²) in [7, 11) is 0. The first-order valence-corrected chi connectivity index (χ1v) is 9.06. The standard InChI is InChI=1S/C21H16N4O4/c22-11-13-3-6-15(7-4-13)23-19(26)12-29-21(28)14-5-8-16-17(10-14)24-18-2-1-9-25(18)20(16)27/h3-8,10H,1-2,9,12H2,(H,23,26). The second kappa shape index (κ2) is 7.56. The van der Waals surface area contributed by atoms with E-state index in [4.69, 9.17) is 10.00 Å². The molecule has 0 saturated heterocycles. The number of anilines is 1. The normalized spacial score (nSPS) is 12.2. The molecule has 0 fully saturated rings. The minimum absolute atomic E-state index is 0.107. The average Bonchev–Trinajstić information content (AvgIpc) is 3.21. The van der Waals surface area contributed by atoms with Gasteiger partial charge in [-0.25, -0.2) is 9.78 Å². The Kier molecular flexibility index (Phi) is 4.79. The van der Waals surface area contributed by atoms with Crippen molar-refractivity contribution in [1.82, 2.24) is 9.55 Å². The van der Waals surface area contributed by atoms with E-state index in [0.717, 1.165) is 18.7 Å². The van der Waals surface area contributed by atoms with E-state index in [9.17, 15) is 14.4 Å². The minimum Gasteiger partial charge on any atom is -0.452 e. The predicted molar refractivity (Wildman–Crippen MR) is 104 cm³/mol. The Bertz CT molecular complexity index is 1220. The Morgan fingerprint density at radius 3 is 2.76 bits per heavy atom. The fourth-order valence-electron chi connectivity index (χ4n) is 3.25. The fraction of sp³-hybridized carbons (Fsp3) is 0.190. The molecule has 8 nitrogen and oxygen atoms in total. The first kappa shape index (κ1) is 18.4. The Balaban J connectivity index is 1.43. The van der Waals surface area contributed by atoms with Gasteiger partial charge in [-0.15, -0.1) is 0 Å². The largest absolute Gasteiger partial charge is 0.452 e. The Labute approximate surface area is 165 Å². The van der Waals surface area contributed by atoms with Crippen LogP contribution in [0.3, 0.4) is 0 Å². The third-order valence-corrected chi connectivity index (χ3v) is 4.68. The van der Waals surface area contributed by atoms with Crippen molar-refractivity contribution in [3.63, 3.8) is 0 Å². The lowest BCUT2D eigenvalue weighted by Crippen LogP contribution is -2.22. The second-order valence-corrected chi connectivity index (χ2v) is 6.63. The van der Waals surface area contributed by atoms with E-state index < -0.39 is 18.5 Å². The molecule has 1 amide bonds. The van der Waals surface area contributed by atoms with Gasteiger partial charge in [-0.05, 0) is 48.9 Å². The number of carbonyl (C=O) groups is 2. The van der Waals surface area contributed by atoms with Gasteiger partial charge >= 0.3 is 5.97 Å². The summed E-state index contributed by atoms with van der Waals surface area (Å²) in [6.45, 7) is 0.201. The van der Waals surface area contributed by atoms with Crippen LogP contribution in [0, 0.1) is 11.3 Å². The maximum absolute atomic E-state index is 12.5. The molecule has 0 unspecified atom stereocenters. The van der Waals surface area contributed by atoms with Crippen molar-refractivity contribution >= 4 is 28.5 Å². The highest BCUT2D eigenvalue weighted by Crippen LogP contribution is 2.17. The summed E-state index contributed by atoms with van der Waals surface area (Å²) in [6.07, 6.45) is 1.61. The number of nitrogens with zero attached hydrogens (tertiary/aromatic N) is 3. The van der Waals surface area contributed by atoms with Gasteiger partial charge in [-0.2, -0.15) is 5.26 Å². The lowest BCUT2D eigenvalue weighted by Gasteiger charge is -2.08. The fourth-order valence-corrected chi connectivity index (χ4v) is 3.25. The summed E-state index contributed by atoms with van der Waals surface area (Å²) in [5, 5.41) is 11.8. The van der Waals surface area contributed by atoms with E-state index >= 15 is 0 Å².